The van der Waals surface area contributed by atoms with E-state index in [9.17, 15) is 28.5 Å². The Kier molecular flexibility index (Phi) is 7.31. The Morgan fingerprint density at radius 2 is 1.69 bits per heavy atom. The molecule has 2 heterocycles. The number of benzene rings is 2. The molecule has 0 aliphatic heterocycles. The summed E-state index contributed by atoms with van der Waals surface area (Å²) in [4.78, 5) is 40.5. The van der Waals surface area contributed by atoms with Crippen molar-refractivity contribution in [3.05, 3.63) is 86.1 Å². The highest BCUT2D eigenvalue weighted by atomic mass is 32.1. The van der Waals surface area contributed by atoms with Gasteiger partial charge in [0.05, 0.1) is 22.1 Å². The third kappa shape index (κ3) is 5.70. The Morgan fingerprint density at radius 1 is 1.00 bits per heavy atom. The number of nitro groups is 1. The van der Waals surface area contributed by atoms with E-state index in [4.69, 9.17) is 4.74 Å². The molecule has 0 saturated heterocycles. The van der Waals surface area contributed by atoms with Crippen LogP contribution in [0.5, 0.6) is 5.75 Å². The normalized spacial score (nSPS) is 10.6. The molecule has 36 heavy (non-hydrogen) atoms. The van der Waals surface area contributed by atoms with E-state index >= 15 is 0 Å². The summed E-state index contributed by atoms with van der Waals surface area (Å²) in [6.07, 6.45) is 0. The summed E-state index contributed by atoms with van der Waals surface area (Å²) < 4.78 is 32.6. The highest BCUT2D eigenvalue weighted by Crippen LogP contribution is 2.34. The van der Waals surface area contributed by atoms with Gasteiger partial charge in [-0.25, -0.2) is 13.8 Å². The Balaban J connectivity index is 1.66. The Bertz CT molecular complexity index is 1430. The minimum Gasteiger partial charge on any atom is -0.494 e. The van der Waals surface area contributed by atoms with E-state index in [1.807, 2.05) is 6.92 Å². The quantitative estimate of drug-likeness (QED) is 0.214. The van der Waals surface area contributed by atoms with Crippen LogP contribution in [0.25, 0.3) is 11.3 Å². The largest absolute Gasteiger partial charge is 0.494 e. The van der Waals surface area contributed by atoms with E-state index in [1.54, 1.807) is 24.3 Å². The van der Waals surface area contributed by atoms with E-state index in [2.05, 4.69) is 15.6 Å². The van der Waals surface area contributed by atoms with Crippen LogP contribution in [0.1, 0.15) is 26.3 Å². The van der Waals surface area contributed by atoms with Crippen molar-refractivity contribution in [3.8, 4) is 17.0 Å². The number of rotatable bonds is 8. The summed E-state index contributed by atoms with van der Waals surface area (Å²) in [7, 11) is 0. The van der Waals surface area contributed by atoms with Crippen LogP contribution in [0.2, 0.25) is 0 Å². The third-order valence-electron chi connectivity index (χ3n) is 4.61. The minimum absolute atomic E-state index is 0.0514. The first kappa shape index (κ1) is 24.9. The van der Waals surface area contributed by atoms with Gasteiger partial charge in [0.2, 0.25) is 0 Å². The van der Waals surface area contributed by atoms with Crippen LogP contribution in [-0.4, -0.2) is 28.3 Å². The Morgan fingerprint density at radius 3 is 2.31 bits per heavy atom. The first-order valence-corrected chi connectivity index (χ1v) is 11.9. The molecule has 0 aliphatic rings. The van der Waals surface area contributed by atoms with Gasteiger partial charge < -0.3 is 10.1 Å². The number of carbonyl (C=O) groups is 2. The molecule has 9 nitrogen and oxygen atoms in total. The number of amides is 2. The van der Waals surface area contributed by atoms with E-state index < -0.39 is 28.4 Å². The van der Waals surface area contributed by atoms with Crippen LogP contribution < -0.4 is 15.4 Å². The third-order valence-corrected chi connectivity index (χ3v) is 6.61. The molecule has 4 rings (SSSR count). The summed E-state index contributed by atoms with van der Waals surface area (Å²) in [5.41, 5.74) is 0.641. The number of halogens is 2. The molecule has 0 bridgehead atoms. The lowest BCUT2D eigenvalue weighted by molar-refractivity contribution is -0.380. The van der Waals surface area contributed by atoms with E-state index in [0.29, 0.717) is 35.3 Å². The molecular formula is C23H16F2N4O5S2. The average molecular weight is 531 g/mol. The van der Waals surface area contributed by atoms with Crippen molar-refractivity contribution in [1.29, 1.82) is 0 Å². The smallest absolute Gasteiger partial charge is 0.324 e. The summed E-state index contributed by atoms with van der Waals surface area (Å²) in [5.74, 6) is -2.46. The van der Waals surface area contributed by atoms with Crippen molar-refractivity contribution in [2.45, 2.75) is 6.92 Å². The number of nitrogens with zero attached hydrogens (tertiary/aromatic N) is 2. The first-order valence-electron chi connectivity index (χ1n) is 10.3. The van der Waals surface area contributed by atoms with Crippen molar-refractivity contribution < 1.29 is 28.0 Å². The summed E-state index contributed by atoms with van der Waals surface area (Å²) in [6.45, 7) is 2.30. The van der Waals surface area contributed by atoms with Gasteiger partial charge >= 0.3 is 5.00 Å². The molecule has 0 unspecified atom stereocenters. The van der Waals surface area contributed by atoms with Crippen LogP contribution >= 0.6 is 22.7 Å². The Labute approximate surface area is 210 Å². The molecule has 0 atom stereocenters. The second-order valence-electron chi connectivity index (χ2n) is 7.12. The summed E-state index contributed by atoms with van der Waals surface area (Å²) >= 11 is 1.53. The van der Waals surface area contributed by atoms with E-state index in [-0.39, 0.29) is 31.3 Å². The van der Waals surface area contributed by atoms with Gasteiger partial charge in [0, 0.05) is 23.4 Å². The molecule has 2 amide bonds. The number of aromatic nitrogens is 1. The molecule has 184 valence electrons. The highest BCUT2D eigenvalue weighted by Gasteiger charge is 2.23. The van der Waals surface area contributed by atoms with Crippen LogP contribution in [-0.2, 0) is 0 Å². The van der Waals surface area contributed by atoms with Crippen LogP contribution in [0.15, 0.2) is 54.6 Å². The monoisotopic (exact) mass is 530 g/mol. The maximum absolute atomic E-state index is 13.6. The van der Waals surface area contributed by atoms with E-state index in [1.165, 1.54) is 12.1 Å². The zero-order valence-corrected chi connectivity index (χ0v) is 20.0. The van der Waals surface area contributed by atoms with E-state index in [0.717, 1.165) is 23.5 Å². The first-order chi connectivity index (χ1) is 17.2. The maximum Gasteiger partial charge on any atom is 0.324 e. The van der Waals surface area contributed by atoms with Gasteiger partial charge in [-0.2, -0.15) is 0 Å². The SMILES string of the molecule is CCOc1ccc(-c2nc(NC(=O)c3ccc([N+](=O)[O-])s3)sc2C(=O)Nc2cc(F)cc(F)c2)cc1. The van der Waals surface area contributed by atoms with Gasteiger partial charge in [-0.15, -0.1) is 0 Å². The molecule has 13 heteroatoms. The standard InChI is InChI=1S/C23H16F2N4O5S2/c1-2-34-16-5-3-12(4-6-16)19-20(22(31)26-15-10-13(24)9-14(25)11-15)36-23(27-19)28-21(30)17-7-8-18(35-17)29(32)33/h3-11H,2H2,1H3,(H,26,31)(H,27,28,30). The van der Waals surface area contributed by atoms with Crippen LogP contribution in [0, 0.1) is 21.7 Å². The fourth-order valence-electron chi connectivity index (χ4n) is 3.12. The fourth-order valence-corrected chi connectivity index (χ4v) is 4.71. The second kappa shape index (κ2) is 10.6. The molecule has 2 aromatic carbocycles. The van der Waals surface area contributed by atoms with Gasteiger partial charge in [0.1, 0.15) is 22.3 Å². The maximum atomic E-state index is 13.6. The number of ether oxygens (including phenoxy) is 1. The Hall–Kier alpha value is -4.23. The van der Waals surface area contributed by atoms with Crippen LogP contribution in [0.4, 0.5) is 24.6 Å². The molecule has 2 N–H and O–H groups in total. The predicted molar refractivity (Wildman–Crippen MR) is 132 cm³/mol. The summed E-state index contributed by atoms with van der Waals surface area (Å²) in [5, 5.41) is 15.7. The van der Waals surface area contributed by atoms with Crippen molar-refractivity contribution in [2.24, 2.45) is 0 Å². The zero-order chi connectivity index (χ0) is 25.8. The lowest BCUT2D eigenvalue weighted by Crippen LogP contribution is -2.12. The number of hydrogen-bond acceptors (Lipinski definition) is 8. The number of hydrogen-bond donors (Lipinski definition) is 2. The fraction of sp³-hybridized carbons (Fsp3) is 0.0870. The lowest BCUT2D eigenvalue weighted by Gasteiger charge is -2.07. The molecule has 4 aromatic rings. The number of thiophene rings is 1. The van der Waals surface area contributed by atoms with Crippen molar-refractivity contribution in [3.63, 3.8) is 0 Å². The van der Waals surface area contributed by atoms with Gasteiger partial charge in [0.25, 0.3) is 11.8 Å². The number of anilines is 2. The number of thiazole rings is 1. The summed E-state index contributed by atoms with van der Waals surface area (Å²) in [6, 6.07) is 11.8. The van der Waals surface area contributed by atoms with Gasteiger partial charge in [0.15, 0.2) is 5.13 Å². The number of nitrogens with one attached hydrogen (secondary N) is 2. The van der Waals surface area contributed by atoms with Crippen molar-refractivity contribution in [2.75, 3.05) is 17.2 Å². The lowest BCUT2D eigenvalue weighted by atomic mass is 10.1. The van der Waals surface area contributed by atoms with Gasteiger partial charge in [-0.05, 0) is 49.4 Å². The van der Waals surface area contributed by atoms with Gasteiger partial charge in [-0.1, -0.05) is 22.7 Å². The molecule has 0 saturated carbocycles. The second-order valence-corrected chi connectivity index (χ2v) is 9.18. The topological polar surface area (TPSA) is 123 Å². The predicted octanol–water partition coefficient (Wildman–Crippen LogP) is 5.96. The van der Waals surface area contributed by atoms with Gasteiger partial charge in [-0.3, -0.25) is 25.0 Å². The van der Waals surface area contributed by atoms with Crippen LogP contribution in [0.3, 0.4) is 0 Å². The van der Waals surface area contributed by atoms with Crippen molar-refractivity contribution >= 4 is 50.3 Å². The molecule has 2 aromatic heterocycles. The number of carbonyl (C=O) groups excluding carboxylic acids is 2. The highest BCUT2D eigenvalue weighted by molar-refractivity contribution is 7.19. The molecule has 0 radical (unpaired) electrons. The average Bonchev–Trinajstić information content (AvgIpc) is 3.47. The molecular weight excluding hydrogens is 514 g/mol. The molecule has 0 aliphatic carbocycles. The molecule has 0 spiro atoms. The van der Waals surface area contributed by atoms with Crippen molar-refractivity contribution in [1.82, 2.24) is 4.98 Å². The zero-order valence-electron chi connectivity index (χ0n) is 18.4. The molecule has 0 fully saturated rings. The minimum atomic E-state index is -0.862.